The summed E-state index contributed by atoms with van der Waals surface area (Å²) in [5.74, 6) is -0.269. The van der Waals surface area contributed by atoms with Gasteiger partial charge in [0.2, 0.25) is 0 Å². The van der Waals surface area contributed by atoms with Crippen molar-refractivity contribution in [1.29, 1.82) is 0 Å². The summed E-state index contributed by atoms with van der Waals surface area (Å²) in [5.41, 5.74) is 5.22. The molecule has 0 aliphatic rings. The molecule has 1 unspecified atom stereocenters. The molecule has 0 amide bonds. The van der Waals surface area contributed by atoms with Gasteiger partial charge < -0.3 is 10.5 Å². The summed E-state index contributed by atoms with van der Waals surface area (Å²) >= 11 is 0. The minimum absolute atomic E-state index is 0.0683. The van der Waals surface area contributed by atoms with Gasteiger partial charge in [-0.1, -0.05) is 6.07 Å². The van der Waals surface area contributed by atoms with Crippen LogP contribution in [-0.2, 0) is 12.6 Å². The van der Waals surface area contributed by atoms with Crippen molar-refractivity contribution >= 4 is 0 Å². The second kappa shape index (κ2) is 6.75. The quantitative estimate of drug-likeness (QED) is 0.640. The summed E-state index contributed by atoms with van der Waals surface area (Å²) < 4.78 is 55.6. The lowest BCUT2D eigenvalue weighted by Gasteiger charge is -2.15. The molecule has 2 nitrogen and oxygen atoms in total. The van der Waals surface area contributed by atoms with Crippen molar-refractivity contribution in [2.45, 2.75) is 32.0 Å². The van der Waals surface area contributed by atoms with Gasteiger partial charge in [-0.15, -0.1) is 0 Å². The van der Waals surface area contributed by atoms with E-state index in [0.717, 1.165) is 6.07 Å². The van der Waals surface area contributed by atoms with Gasteiger partial charge in [-0.25, -0.2) is 0 Å². The van der Waals surface area contributed by atoms with Crippen molar-refractivity contribution in [3.8, 4) is 5.75 Å². The van der Waals surface area contributed by atoms with Gasteiger partial charge in [0.1, 0.15) is 5.75 Å². The molecule has 0 bridgehead atoms. The number of alkyl halides is 4. The van der Waals surface area contributed by atoms with Gasteiger partial charge in [0.05, 0.1) is 18.8 Å². The maximum absolute atomic E-state index is 12.9. The Balaban J connectivity index is 2.96. The molecule has 0 saturated carbocycles. The van der Waals surface area contributed by atoms with Gasteiger partial charge in [-0.3, -0.25) is 4.39 Å². The lowest BCUT2D eigenvalue weighted by Crippen LogP contribution is -2.18. The van der Waals surface area contributed by atoms with E-state index < -0.39 is 18.4 Å². The molecule has 2 N–H and O–H groups in total. The molecular weight excluding hydrogens is 262 g/mol. The van der Waals surface area contributed by atoms with Crippen LogP contribution in [0.1, 0.15) is 24.5 Å². The van der Waals surface area contributed by atoms with E-state index >= 15 is 0 Å². The molecule has 0 heterocycles. The number of ether oxygens (including phenoxy) is 1. The molecule has 0 aromatic heterocycles. The zero-order valence-electron chi connectivity index (χ0n) is 10.6. The van der Waals surface area contributed by atoms with Crippen LogP contribution in [0.4, 0.5) is 17.6 Å². The monoisotopic (exact) mass is 279 g/mol. The Morgan fingerprint density at radius 2 is 2.00 bits per heavy atom. The Kier molecular flexibility index (Phi) is 5.60. The first kappa shape index (κ1) is 15.8. The van der Waals surface area contributed by atoms with Gasteiger partial charge in [-0.05, 0) is 31.0 Å². The molecule has 0 radical (unpaired) electrons. The maximum atomic E-state index is 12.9. The average Bonchev–Trinajstić information content (AvgIpc) is 2.29. The third-order valence-electron chi connectivity index (χ3n) is 2.44. The Bertz CT molecular complexity index is 404. The van der Waals surface area contributed by atoms with E-state index in [9.17, 15) is 17.6 Å². The van der Waals surface area contributed by atoms with E-state index in [4.69, 9.17) is 10.5 Å². The van der Waals surface area contributed by atoms with Crippen molar-refractivity contribution in [1.82, 2.24) is 0 Å². The Labute approximate surface area is 109 Å². The smallest absolute Gasteiger partial charge is 0.419 e. The highest BCUT2D eigenvalue weighted by atomic mass is 19.4. The van der Waals surface area contributed by atoms with Crippen LogP contribution in [0, 0.1) is 0 Å². The third kappa shape index (κ3) is 5.06. The Hall–Kier alpha value is -1.30. The molecule has 6 heteroatoms. The number of rotatable bonds is 6. The second-order valence-corrected chi connectivity index (χ2v) is 4.40. The van der Waals surface area contributed by atoms with Crippen molar-refractivity contribution in [3.63, 3.8) is 0 Å². The van der Waals surface area contributed by atoms with Gasteiger partial charge in [0, 0.05) is 12.5 Å². The molecule has 0 aliphatic carbocycles. The van der Waals surface area contributed by atoms with Crippen LogP contribution >= 0.6 is 0 Å². The molecule has 1 aromatic carbocycles. The predicted molar refractivity (Wildman–Crippen MR) is 64.9 cm³/mol. The molecule has 19 heavy (non-hydrogen) atoms. The van der Waals surface area contributed by atoms with E-state index in [-0.39, 0.29) is 24.8 Å². The van der Waals surface area contributed by atoms with Crippen LogP contribution in [0.25, 0.3) is 0 Å². The van der Waals surface area contributed by atoms with Gasteiger partial charge in [-0.2, -0.15) is 13.2 Å². The van der Waals surface area contributed by atoms with Crippen LogP contribution in [0.3, 0.4) is 0 Å². The van der Waals surface area contributed by atoms with E-state index in [1.165, 1.54) is 6.07 Å². The fourth-order valence-electron chi connectivity index (χ4n) is 1.66. The molecule has 0 spiro atoms. The first-order valence-electron chi connectivity index (χ1n) is 5.99. The van der Waals surface area contributed by atoms with Crippen LogP contribution in [0.2, 0.25) is 0 Å². The van der Waals surface area contributed by atoms with Crippen LogP contribution < -0.4 is 10.5 Å². The van der Waals surface area contributed by atoms with E-state index in [0.29, 0.717) is 12.0 Å². The lowest BCUT2D eigenvalue weighted by atomic mass is 10.0. The first-order valence-corrected chi connectivity index (χ1v) is 5.99. The largest absolute Gasteiger partial charge is 0.493 e. The highest BCUT2D eigenvalue weighted by molar-refractivity contribution is 5.39. The molecule has 0 fully saturated rings. The van der Waals surface area contributed by atoms with Crippen LogP contribution in [0.15, 0.2) is 18.2 Å². The molecule has 1 atom stereocenters. The summed E-state index contributed by atoms with van der Waals surface area (Å²) in [6, 6.07) is 3.62. The molecular formula is C13H17F4NO. The van der Waals surface area contributed by atoms with Gasteiger partial charge >= 0.3 is 6.18 Å². The fraction of sp³-hybridized carbons (Fsp3) is 0.538. The maximum Gasteiger partial charge on any atom is 0.419 e. The molecule has 0 aliphatic heterocycles. The van der Waals surface area contributed by atoms with Gasteiger partial charge in [0.25, 0.3) is 0 Å². The third-order valence-corrected chi connectivity index (χ3v) is 2.44. The van der Waals surface area contributed by atoms with E-state index in [1.807, 2.05) is 0 Å². The van der Waals surface area contributed by atoms with Gasteiger partial charge in [0.15, 0.2) is 0 Å². The second-order valence-electron chi connectivity index (χ2n) is 4.40. The highest BCUT2D eigenvalue weighted by Gasteiger charge is 2.34. The average molecular weight is 279 g/mol. The molecule has 1 rings (SSSR count). The SMILES string of the molecule is CC(N)Cc1ccc(OCCCF)c(C(F)(F)F)c1. The standard InChI is InChI=1S/C13H17F4NO/c1-9(18)7-10-3-4-12(19-6-2-5-14)11(8-10)13(15,16)17/h3-4,8-9H,2,5-7,18H2,1H3. The number of halogens is 4. The van der Waals surface area contributed by atoms with Crippen molar-refractivity contribution in [2.24, 2.45) is 5.73 Å². The molecule has 1 aromatic rings. The minimum Gasteiger partial charge on any atom is -0.493 e. The van der Waals surface area contributed by atoms with Crippen molar-refractivity contribution in [3.05, 3.63) is 29.3 Å². The summed E-state index contributed by atoms with van der Waals surface area (Å²) in [6.07, 6.45) is -4.08. The zero-order valence-corrected chi connectivity index (χ0v) is 10.6. The topological polar surface area (TPSA) is 35.2 Å². The normalized spacial score (nSPS) is 13.4. The molecule has 0 saturated heterocycles. The van der Waals surface area contributed by atoms with E-state index in [2.05, 4.69) is 0 Å². The van der Waals surface area contributed by atoms with Crippen LogP contribution in [0.5, 0.6) is 5.75 Å². The first-order chi connectivity index (χ1) is 8.84. The Morgan fingerprint density at radius 1 is 1.32 bits per heavy atom. The van der Waals surface area contributed by atoms with E-state index in [1.54, 1.807) is 13.0 Å². The van der Waals surface area contributed by atoms with Crippen molar-refractivity contribution in [2.75, 3.05) is 13.3 Å². The minimum atomic E-state index is -4.50. The van der Waals surface area contributed by atoms with Crippen molar-refractivity contribution < 1.29 is 22.3 Å². The highest BCUT2D eigenvalue weighted by Crippen LogP contribution is 2.37. The summed E-state index contributed by atoms with van der Waals surface area (Å²) in [6.45, 7) is 1.02. The zero-order chi connectivity index (χ0) is 14.5. The lowest BCUT2D eigenvalue weighted by molar-refractivity contribution is -0.139. The molecule has 108 valence electrons. The number of nitrogens with two attached hydrogens (primary N) is 1. The number of benzene rings is 1. The number of hydrogen-bond donors (Lipinski definition) is 1. The Morgan fingerprint density at radius 3 is 2.53 bits per heavy atom. The fourth-order valence-corrected chi connectivity index (χ4v) is 1.66. The van der Waals surface area contributed by atoms with Crippen LogP contribution in [-0.4, -0.2) is 19.3 Å². The summed E-state index contributed by atoms with van der Waals surface area (Å²) in [5, 5.41) is 0. The predicted octanol–water partition coefficient (Wildman–Crippen LogP) is 3.33. The number of hydrogen-bond acceptors (Lipinski definition) is 2. The summed E-state index contributed by atoms with van der Waals surface area (Å²) in [7, 11) is 0. The summed E-state index contributed by atoms with van der Waals surface area (Å²) in [4.78, 5) is 0.